The first-order valence-corrected chi connectivity index (χ1v) is 10.2. The Bertz CT molecular complexity index is 1060. The Balaban J connectivity index is 1.76. The smallest absolute Gasteiger partial charge is 0.202 e. The van der Waals surface area contributed by atoms with E-state index in [0.29, 0.717) is 5.11 Å². The summed E-state index contributed by atoms with van der Waals surface area (Å²) in [6.07, 6.45) is 0.791. The van der Waals surface area contributed by atoms with Crippen LogP contribution in [0.1, 0.15) is 23.6 Å². The molecule has 3 aromatic carbocycles. The Morgan fingerprint density at radius 1 is 0.897 bits per heavy atom. The van der Waals surface area contributed by atoms with Gasteiger partial charge >= 0.3 is 0 Å². The molecular weight excluding hydrogens is 374 g/mol. The predicted molar refractivity (Wildman–Crippen MR) is 127 cm³/mol. The average Bonchev–Trinajstić information content (AvgIpc) is 2.95. The van der Waals surface area contributed by atoms with Crippen molar-refractivity contribution in [3.05, 3.63) is 95.6 Å². The van der Waals surface area contributed by atoms with Crippen molar-refractivity contribution in [2.75, 3.05) is 10.2 Å². The van der Waals surface area contributed by atoms with Crippen molar-refractivity contribution in [3.63, 3.8) is 0 Å². The maximum absolute atomic E-state index is 5.75. The molecule has 4 heteroatoms. The molecule has 0 aromatic heterocycles. The number of amidine groups is 1. The minimum Gasteiger partial charge on any atom is -0.341 e. The molecular formula is C25H25N3S. The number of para-hydroxylation sites is 1. The highest BCUT2D eigenvalue weighted by atomic mass is 32.1. The summed E-state index contributed by atoms with van der Waals surface area (Å²) in [5, 5.41) is 4.17. The normalized spacial score (nSPS) is 18.7. The van der Waals surface area contributed by atoms with Crippen LogP contribution < -0.4 is 10.2 Å². The topological polar surface area (TPSA) is 27.6 Å². The number of thiocarbonyl (C=S) groups is 1. The van der Waals surface area contributed by atoms with Crippen molar-refractivity contribution in [1.82, 2.24) is 0 Å². The Morgan fingerprint density at radius 2 is 1.55 bits per heavy atom. The third-order valence-electron chi connectivity index (χ3n) is 5.48. The number of hydrogen-bond acceptors (Lipinski definition) is 2. The van der Waals surface area contributed by atoms with Crippen molar-refractivity contribution < 1.29 is 0 Å². The lowest BCUT2D eigenvalue weighted by Crippen LogP contribution is -2.53. The summed E-state index contributed by atoms with van der Waals surface area (Å²) >= 11 is 5.75. The molecule has 0 unspecified atom stereocenters. The quantitative estimate of drug-likeness (QED) is 0.552. The van der Waals surface area contributed by atoms with Gasteiger partial charge in [-0.2, -0.15) is 0 Å². The fraction of sp³-hybridized carbons (Fsp3) is 0.200. The summed E-state index contributed by atoms with van der Waals surface area (Å²) in [5.74, 6) is 0.876. The van der Waals surface area contributed by atoms with Gasteiger partial charge in [-0.15, -0.1) is 0 Å². The number of hydrogen-bond donors (Lipinski definition) is 1. The van der Waals surface area contributed by atoms with Crippen LogP contribution in [-0.4, -0.2) is 16.5 Å². The van der Waals surface area contributed by atoms with Crippen LogP contribution in [0.4, 0.5) is 11.4 Å². The number of anilines is 2. The zero-order valence-electron chi connectivity index (χ0n) is 17.0. The Kier molecular flexibility index (Phi) is 5.20. The summed E-state index contributed by atoms with van der Waals surface area (Å²) in [4.78, 5) is 6.99. The van der Waals surface area contributed by atoms with Crippen LogP contribution in [0.3, 0.4) is 0 Å². The molecule has 3 aromatic rings. The van der Waals surface area contributed by atoms with E-state index in [-0.39, 0.29) is 0 Å². The second kappa shape index (κ2) is 7.80. The molecule has 3 nitrogen and oxygen atoms in total. The lowest BCUT2D eigenvalue weighted by Gasteiger charge is -2.37. The molecule has 0 radical (unpaired) electrons. The van der Waals surface area contributed by atoms with E-state index in [4.69, 9.17) is 17.2 Å². The molecule has 1 atom stereocenters. The van der Waals surface area contributed by atoms with Gasteiger partial charge in [0.1, 0.15) is 11.4 Å². The van der Waals surface area contributed by atoms with Crippen LogP contribution in [0, 0.1) is 13.8 Å². The fourth-order valence-corrected chi connectivity index (χ4v) is 4.23. The number of nitrogens with zero attached hydrogens (tertiary/aromatic N) is 2. The first kappa shape index (κ1) is 19.3. The van der Waals surface area contributed by atoms with Gasteiger partial charge in [0.2, 0.25) is 5.11 Å². The fourth-order valence-electron chi connectivity index (χ4n) is 3.83. The van der Waals surface area contributed by atoms with Crippen molar-refractivity contribution >= 4 is 34.5 Å². The maximum Gasteiger partial charge on any atom is 0.202 e. The molecule has 1 aliphatic rings. The predicted octanol–water partition coefficient (Wildman–Crippen LogP) is 5.92. The summed E-state index contributed by atoms with van der Waals surface area (Å²) in [6, 6.07) is 27.3. The van der Waals surface area contributed by atoms with Crippen LogP contribution in [0.25, 0.3) is 0 Å². The first-order valence-electron chi connectivity index (χ1n) is 9.84. The Hall–Kier alpha value is -2.98. The van der Waals surface area contributed by atoms with E-state index in [1.165, 1.54) is 16.7 Å². The van der Waals surface area contributed by atoms with Crippen molar-refractivity contribution in [2.45, 2.75) is 32.7 Å². The van der Waals surface area contributed by atoms with Crippen LogP contribution in [0.5, 0.6) is 0 Å². The Labute approximate surface area is 178 Å². The number of aryl methyl sites for hydroxylation is 2. The zero-order valence-corrected chi connectivity index (χ0v) is 17.8. The standard InChI is InChI=1S/C25H25N3S/c1-18-13-15-21(16-14-18)28-24(29)27-23(26-22-12-8-7-9-19(22)2)25(28,3)17-20-10-5-4-6-11-20/h4-16H,17H2,1-3H3,(H,26,27,29)/t25-/m1/s1. The monoisotopic (exact) mass is 399 g/mol. The average molecular weight is 400 g/mol. The molecule has 0 fully saturated rings. The SMILES string of the molecule is Cc1ccc(N2C(=S)N=C(Nc3ccccc3C)[C@@]2(C)Cc2ccccc2)cc1. The van der Waals surface area contributed by atoms with E-state index in [0.717, 1.165) is 23.6 Å². The molecule has 0 aliphatic carbocycles. The molecule has 29 heavy (non-hydrogen) atoms. The molecule has 1 heterocycles. The molecule has 146 valence electrons. The molecule has 0 saturated carbocycles. The summed E-state index contributed by atoms with van der Waals surface area (Å²) in [6.45, 7) is 6.41. The van der Waals surface area contributed by atoms with Crippen molar-refractivity contribution in [1.29, 1.82) is 0 Å². The van der Waals surface area contributed by atoms with Gasteiger partial charge in [0.05, 0.1) is 0 Å². The van der Waals surface area contributed by atoms with Crippen molar-refractivity contribution in [3.8, 4) is 0 Å². The van der Waals surface area contributed by atoms with E-state index >= 15 is 0 Å². The number of nitrogens with one attached hydrogen (secondary N) is 1. The minimum absolute atomic E-state index is 0.421. The van der Waals surface area contributed by atoms with Crippen LogP contribution >= 0.6 is 12.2 Å². The highest BCUT2D eigenvalue weighted by molar-refractivity contribution is 7.80. The summed E-state index contributed by atoms with van der Waals surface area (Å²) in [5.41, 5.74) is 5.34. The summed E-state index contributed by atoms with van der Waals surface area (Å²) in [7, 11) is 0. The lowest BCUT2D eigenvalue weighted by atomic mass is 9.89. The van der Waals surface area contributed by atoms with Crippen LogP contribution in [0.2, 0.25) is 0 Å². The molecule has 1 N–H and O–H groups in total. The lowest BCUT2D eigenvalue weighted by molar-refractivity contribution is 0.626. The molecule has 4 rings (SSSR count). The van der Waals surface area contributed by atoms with Crippen molar-refractivity contribution in [2.24, 2.45) is 4.99 Å². The van der Waals surface area contributed by atoms with Crippen LogP contribution in [-0.2, 0) is 6.42 Å². The van der Waals surface area contributed by atoms with Gasteiger partial charge in [-0.3, -0.25) is 0 Å². The number of rotatable bonds is 4. The molecule has 0 saturated heterocycles. The Morgan fingerprint density at radius 3 is 2.24 bits per heavy atom. The molecule has 1 aliphatic heterocycles. The molecule has 0 bridgehead atoms. The largest absolute Gasteiger partial charge is 0.341 e. The first-order chi connectivity index (χ1) is 14.0. The van der Waals surface area contributed by atoms with Gasteiger partial charge in [0, 0.05) is 17.8 Å². The van der Waals surface area contributed by atoms with E-state index < -0.39 is 5.54 Å². The van der Waals surface area contributed by atoms with Gasteiger partial charge < -0.3 is 10.2 Å². The van der Waals surface area contributed by atoms with E-state index in [9.17, 15) is 0 Å². The summed E-state index contributed by atoms with van der Waals surface area (Å²) < 4.78 is 0. The highest BCUT2D eigenvalue weighted by Gasteiger charge is 2.45. The maximum atomic E-state index is 5.75. The van der Waals surface area contributed by atoms with Gasteiger partial charge in [0.25, 0.3) is 0 Å². The van der Waals surface area contributed by atoms with Gasteiger partial charge in [0.15, 0.2) is 0 Å². The molecule has 0 spiro atoms. The van der Waals surface area contributed by atoms with Gasteiger partial charge in [-0.05, 0) is 62.3 Å². The number of benzene rings is 3. The second-order valence-electron chi connectivity index (χ2n) is 7.79. The third-order valence-corrected chi connectivity index (χ3v) is 5.76. The van der Waals surface area contributed by atoms with Gasteiger partial charge in [-0.25, -0.2) is 4.99 Å². The van der Waals surface area contributed by atoms with E-state index in [1.807, 2.05) is 18.2 Å². The minimum atomic E-state index is -0.421. The number of aliphatic imine (C=N–C) groups is 1. The van der Waals surface area contributed by atoms with Crippen LogP contribution in [0.15, 0.2) is 83.9 Å². The highest BCUT2D eigenvalue weighted by Crippen LogP contribution is 2.35. The third kappa shape index (κ3) is 3.81. The molecule has 0 amide bonds. The second-order valence-corrected chi connectivity index (χ2v) is 8.16. The van der Waals surface area contributed by atoms with E-state index in [1.54, 1.807) is 0 Å². The van der Waals surface area contributed by atoms with Gasteiger partial charge in [-0.1, -0.05) is 66.2 Å². The van der Waals surface area contributed by atoms with E-state index in [2.05, 4.69) is 91.7 Å². The zero-order chi connectivity index (χ0) is 20.4.